The summed E-state index contributed by atoms with van der Waals surface area (Å²) in [6, 6.07) is 6.40. The van der Waals surface area contributed by atoms with Gasteiger partial charge < -0.3 is 4.57 Å². The van der Waals surface area contributed by atoms with E-state index in [4.69, 9.17) is 0 Å². The van der Waals surface area contributed by atoms with Crippen LogP contribution in [0, 0.1) is 0 Å². The van der Waals surface area contributed by atoms with Crippen LogP contribution in [0.5, 0.6) is 0 Å². The number of halogens is 1. The third-order valence-corrected chi connectivity index (χ3v) is 4.28. The molecule has 0 bridgehead atoms. The molecule has 0 aliphatic rings. The van der Waals surface area contributed by atoms with Crippen molar-refractivity contribution in [3.8, 4) is 0 Å². The van der Waals surface area contributed by atoms with E-state index < -0.39 is 17.3 Å². The van der Waals surface area contributed by atoms with Crippen LogP contribution >= 0.6 is 15.9 Å². The van der Waals surface area contributed by atoms with E-state index in [1.165, 1.54) is 22.5 Å². The summed E-state index contributed by atoms with van der Waals surface area (Å²) in [5, 5.41) is 0. The molecule has 2 aromatic heterocycles. The number of benzene rings is 1. The third kappa shape index (κ3) is 2.55. The first-order chi connectivity index (χ1) is 10.9. The fourth-order valence-corrected chi connectivity index (χ4v) is 2.71. The van der Waals surface area contributed by atoms with Gasteiger partial charge in [-0.3, -0.25) is 19.1 Å². The molecule has 3 rings (SSSR count). The summed E-state index contributed by atoms with van der Waals surface area (Å²) in [5.41, 5.74) is -0.130. The molecular formula is C15H13BrN4O3. The van der Waals surface area contributed by atoms with Crippen LogP contribution in [-0.2, 0) is 7.05 Å². The quantitative estimate of drug-likeness (QED) is 0.703. The number of hydrogen-bond acceptors (Lipinski definition) is 4. The molecule has 0 saturated carbocycles. The average Bonchev–Trinajstić information content (AvgIpc) is 2.97. The van der Waals surface area contributed by atoms with Gasteiger partial charge in [0, 0.05) is 17.1 Å². The number of nitrogens with zero attached hydrogens (tertiary/aromatic N) is 3. The lowest BCUT2D eigenvalue weighted by Gasteiger charge is -2.14. The normalized spacial score (nSPS) is 12.5. The van der Waals surface area contributed by atoms with Crippen LogP contribution in [0.25, 0.3) is 11.2 Å². The van der Waals surface area contributed by atoms with Crippen molar-refractivity contribution >= 4 is 32.9 Å². The van der Waals surface area contributed by atoms with E-state index in [0.717, 1.165) is 4.47 Å². The Hall–Kier alpha value is -2.48. The van der Waals surface area contributed by atoms with Gasteiger partial charge in [-0.2, -0.15) is 0 Å². The Bertz CT molecular complexity index is 1010. The van der Waals surface area contributed by atoms with Crippen LogP contribution in [0.2, 0.25) is 0 Å². The van der Waals surface area contributed by atoms with Gasteiger partial charge in [-0.1, -0.05) is 28.1 Å². The summed E-state index contributed by atoms with van der Waals surface area (Å²) in [6.45, 7) is 1.71. The lowest BCUT2D eigenvalue weighted by molar-refractivity contribution is 0.0936. The highest BCUT2D eigenvalue weighted by Crippen LogP contribution is 2.19. The molecule has 2 heterocycles. The zero-order chi connectivity index (χ0) is 16.7. The van der Waals surface area contributed by atoms with Gasteiger partial charge in [-0.05, 0) is 19.1 Å². The molecule has 0 aliphatic heterocycles. The van der Waals surface area contributed by atoms with E-state index in [0.29, 0.717) is 11.2 Å². The van der Waals surface area contributed by atoms with Crippen LogP contribution < -0.4 is 11.2 Å². The van der Waals surface area contributed by atoms with Crippen LogP contribution in [0.4, 0.5) is 0 Å². The second-order valence-electron chi connectivity index (χ2n) is 5.19. The number of aromatic nitrogens is 4. The lowest BCUT2D eigenvalue weighted by Crippen LogP contribution is -2.30. The topological polar surface area (TPSA) is 89.8 Å². The van der Waals surface area contributed by atoms with Crippen molar-refractivity contribution < 1.29 is 4.79 Å². The Morgan fingerprint density at radius 1 is 1.26 bits per heavy atom. The number of hydrogen-bond donors (Lipinski definition) is 1. The van der Waals surface area contributed by atoms with Crippen molar-refractivity contribution in [3.63, 3.8) is 0 Å². The van der Waals surface area contributed by atoms with Crippen LogP contribution in [0.1, 0.15) is 23.3 Å². The number of nitrogens with one attached hydrogen (secondary N) is 1. The number of imidazole rings is 1. The van der Waals surface area contributed by atoms with Gasteiger partial charge in [-0.15, -0.1) is 0 Å². The summed E-state index contributed by atoms with van der Waals surface area (Å²) in [6.07, 6.45) is 1.40. The van der Waals surface area contributed by atoms with Crippen molar-refractivity contribution in [2.24, 2.45) is 7.05 Å². The minimum atomic E-state index is -0.603. The Kier molecular flexibility index (Phi) is 3.77. The maximum Gasteiger partial charge on any atom is 0.329 e. The molecule has 0 fully saturated rings. The predicted molar refractivity (Wildman–Crippen MR) is 88.8 cm³/mol. The number of aromatic amines is 1. The minimum Gasteiger partial charge on any atom is -0.306 e. The van der Waals surface area contributed by atoms with E-state index >= 15 is 0 Å². The fraction of sp³-hybridized carbons (Fsp3) is 0.200. The summed E-state index contributed by atoms with van der Waals surface area (Å²) >= 11 is 3.33. The smallest absolute Gasteiger partial charge is 0.306 e. The lowest BCUT2D eigenvalue weighted by atomic mass is 10.1. The molecule has 0 spiro atoms. The third-order valence-electron chi connectivity index (χ3n) is 3.75. The summed E-state index contributed by atoms with van der Waals surface area (Å²) in [7, 11) is 1.52. The highest BCUT2D eigenvalue weighted by molar-refractivity contribution is 9.10. The number of rotatable bonds is 3. The SMILES string of the molecule is CC(C(=O)c1ccc(Br)cc1)n1cnc2c(=O)[nH]c(=O)n(C)c21. The molecule has 7 nitrogen and oxygen atoms in total. The number of ketones is 1. The van der Waals surface area contributed by atoms with E-state index in [1.807, 2.05) is 0 Å². The molecule has 0 amide bonds. The second-order valence-corrected chi connectivity index (χ2v) is 6.11. The van der Waals surface area contributed by atoms with Gasteiger partial charge in [0.15, 0.2) is 16.9 Å². The standard InChI is InChI=1S/C15H13BrN4O3/c1-8(12(21)9-3-5-10(16)6-4-9)20-7-17-11-13(22)18-15(23)19(2)14(11)20/h3-8H,1-2H3,(H,18,22,23). The molecule has 1 aromatic carbocycles. The Balaban J connectivity index is 2.13. The number of fused-ring (bicyclic) bond motifs is 1. The van der Waals surface area contributed by atoms with E-state index in [-0.39, 0.29) is 11.3 Å². The monoisotopic (exact) mass is 376 g/mol. The number of Topliss-reactive ketones (excluding diaryl/α,β-unsaturated/α-hetero) is 1. The summed E-state index contributed by atoms with van der Waals surface area (Å²) in [5.74, 6) is -0.135. The van der Waals surface area contributed by atoms with Gasteiger partial charge >= 0.3 is 5.69 Å². The fourth-order valence-electron chi connectivity index (χ4n) is 2.45. The van der Waals surface area contributed by atoms with E-state index in [1.54, 1.807) is 31.2 Å². The molecule has 23 heavy (non-hydrogen) atoms. The van der Waals surface area contributed by atoms with Gasteiger partial charge in [-0.25, -0.2) is 9.78 Å². The first kappa shape index (κ1) is 15.4. The molecule has 118 valence electrons. The van der Waals surface area contributed by atoms with Crippen LogP contribution in [0.3, 0.4) is 0 Å². The molecule has 1 atom stereocenters. The highest BCUT2D eigenvalue weighted by atomic mass is 79.9. The molecule has 8 heteroatoms. The van der Waals surface area contributed by atoms with Crippen molar-refractivity contribution in [3.05, 3.63) is 61.5 Å². The maximum absolute atomic E-state index is 12.6. The minimum absolute atomic E-state index is 0.127. The van der Waals surface area contributed by atoms with Crippen molar-refractivity contribution in [2.75, 3.05) is 0 Å². The Morgan fingerprint density at radius 3 is 2.57 bits per heavy atom. The number of carbonyl (C=O) groups excluding carboxylic acids is 1. The number of carbonyl (C=O) groups is 1. The van der Waals surface area contributed by atoms with Gasteiger partial charge in [0.25, 0.3) is 5.56 Å². The molecule has 0 radical (unpaired) electrons. The number of aryl methyl sites for hydroxylation is 1. The van der Waals surface area contributed by atoms with Crippen molar-refractivity contribution in [1.29, 1.82) is 0 Å². The molecular weight excluding hydrogens is 364 g/mol. The second kappa shape index (κ2) is 5.62. The summed E-state index contributed by atoms with van der Waals surface area (Å²) < 4.78 is 3.69. The first-order valence-electron chi connectivity index (χ1n) is 6.85. The molecule has 0 saturated heterocycles. The Morgan fingerprint density at radius 2 is 1.91 bits per heavy atom. The van der Waals surface area contributed by atoms with Crippen molar-refractivity contribution in [1.82, 2.24) is 19.1 Å². The van der Waals surface area contributed by atoms with Gasteiger partial charge in [0.05, 0.1) is 12.4 Å². The first-order valence-corrected chi connectivity index (χ1v) is 7.65. The molecule has 3 aromatic rings. The Labute approximate surface area is 138 Å². The molecule has 1 N–H and O–H groups in total. The molecule has 0 aliphatic carbocycles. The van der Waals surface area contributed by atoms with Crippen LogP contribution in [-0.4, -0.2) is 24.9 Å². The predicted octanol–water partition coefficient (Wildman–Crippen LogP) is 1.63. The zero-order valence-electron chi connectivity index (χ0n) is 12.4. The highest BCUT2D eigenvalue weighted by Gasteiger charge is 2.21. The maximum atomic E-state index is 12.6. The van der Waals surface area contributed by atoms with Gasteiger partial charge in [0.2, 0.25) is 0 Å². The van der Waals surface area contributed by atoms with Crippen LogP contribution in [0.15, 0.2) is 44.7 Å². The number of H-pyrrole nitrogens is 1. The van der Waals surface area contributed by atoms with Crippen molar-refractivity contribution in [2.45, 2.75) is 13.0 Å². The average molecular weight is 377 g/mol. The summed E-state index contributed by atoms with van der Waals surface area (Å²) in [4.78, 5) is 42.5. The van der Waals surface area contributed by atoms with E-state index in [9.17, 15) is 14.4 Å². The molecule has 1 unspecified atom stereocenters. The van der Waals surface area contributed by atoms with E-state index in [2.05, 4.69) is 25.9 Å². The largest absolute Gasteiger partial charge is 0.329 e. The zero-order valence-corrected chi connectivity index (χ0v) is 14.0. The van der Waals surface area contributed by atoms with Gasteiger partial charge in [0.1, 0.15) is 0 Å².